The SMILES string of the molecule is CC(=O)NCCC(O)C(O)c1ccc(Cl)c(Br)c1. The first-order valence-corrected chi connectivity index (χ1v) is 6.64. The summed E-state index contributed by atoms with van der Waals surface area (Å²) in [4.78, 5) is 10.7. The molecule has 0 radical (unpaired) electrons. The molecule has 0 bridgehead atoms. The van der Waals surface area contributed by atoms with E-state index in [0.29, 0.717) is 21.6 Å². The van der Waals surface area contributed by atoms with Gasteiger partial charge in [-0.15, -0.1) is 0 Å². The molecular weight excluding hydrogens is 321 g/mol. The largest absolute Gasteiger partial charge is 0.390 e. The van der Waals surface area contributed by atoms with Crippen LogP contribution >= 0.6 is 27.5 Å². The Morgan fingerprint density at radius 3 is 2.72 bits per heavy atom. The summed E-state index contributed by atoms with van der Waals surface area (Å²) >= 11 is 9.10. The third-order valence-electron chi connectivity index (χ3n) is 2.46. The molecule has 100 valence electrons. The van der Waals surface area contributed by atoms with E-state index in [4.69, 9.17) is 11.6 Å². The molecule has 18 heavy (non-hydrogen) atoms. The highest BCUT2D eigenvalue weighted by Gasteiger charge is 2.18. The van der Waals surface area contributed by atoms with Gasteiger partial charge in [0.1, 0.15) is 6.10 Å². The Morgan fingerprint density at radius 1 is 1.50 bits per heavy atom. The molecule has 0 fully saturated rings. The maximum absolute atomic E-state index is 10.7. The normalized spacial score (nSPS) is 14.1. The van der Waals surface area contributed by atoms with E-state index >= 15 is 0 Å². The van der Waals surface area contributed by atoms with Crippen LogP contribution in [0.4, 0.5) is 0 Å². The highest BCUT2D eigenvalue weighted by atomic mass is 79.9. The summed E-state index contributed by atoms with van der Waals surface area (Å²) in [5, 5.41) is 22.8. The number of hydrogen-bond donors (Lipinski definition) is 3. The van der Waals surface area contributed by atoms with Crippen LogP contribution in [0.1, 0.15) is 25.0 Å². The van der Waals surface area contributed by atoms with Gasteiger partial charge >= 0.3 is 0 Å². The van der Waals surface area contributed by atoms with E-state index < -0.39 is 12.2 Å². The van der Waals surface area contributed by atoms with Crippen LogP contribution in [0.2, 0.25) is 5.02 Å². The summed E-state index contributed by atoms with van der Waals surface area (Å²) in [5.41, 5.74) is 0.571. The van der Waals surface area contributed by atoms with E-state index in [1.807, 2.05) is 0 Å². The molecule has 1 aromatic rings. The molecule has 0 heterocycles. The summed E-state index contributed by atoms with van der Waals surface area (Å²) in [6.07, 6.45) is -1.67. The highest BCUT2D eigenvalue weighted by molar-refractivity contribution is 9.10. The number of amides is 1. The Morgan fingerprint density at radius 2 is 2.17 bits per heavy atom. The Bertz CT molecular complexity index is 428. The number of nitrogens with one attached hydrogen (secondary N) is 1. The fourth-order valence-corrected chi connectivity index (χ4v) is 1.99. The van der Waals surface area contributed by atoms with Crippen molar-refractivity contribution in [2.24, 2.45) is 0 Å². The zero-order valence-corrected chi connectivity index (χ0v) is 12.2. The first-order valence-electron chi connectivity index (χ1n) is 5.47. The topological polar surface area (TPSA) is 69.6 Å². The summed E-state index contributed by atoms with van der Waals surface area (Å²) in [7, 11) is 0. The quantitative estimate of drug-likeness (QED) is 0.770. The van der Waals surface area contributed by atoms with Crippen molar-refractivity contribution in [3.05, 3.63) is 33.3 Å². The van der Waals surface area contributed by atoms with Crippen LogP contribution in [0.5, 0.6) is 0 Å². The fraction of sp³-hybridized carbons (Fsp3) is 0.417. The summed E-state index contributed by atoms with van der Waals surface area (Å²) in [6, 6.07) is 4.96. The van der Waals surface area contributed by atoms with Crippen LogP contribution in [0.15, 0.2) is 22.7 Å². The molecule has 0 aliphatic rings. The monoisotopic (exact) mass is 335 g/mol. The molecule has 1 rings (SSSR count). The van der Waals surface area contributed by atoms with Crippen molar-refractivity contribution in [1.82, 2.24) is 5.32 Å². The number of carbonyl (C=O) groups is 1. The number of hydrogen-bond acceptors (Lipinski definition) is 3. The average molecular weight is 337 g/mol. The molecule has 2 unspecified atom stereocenters. The smallest absolute Gasteiger partial charge is 0.216 e. The molecule has 0 saturated carbocycles. The van der Waals surface area contributed by atoms with Crippen molar-refractivity contribution >= 4 is 33.4 Å². The molecule has 0 aromatic heterocycles. The minimum atomic E-state index is -1.01. The van der Waals surface area contributed by atoms with Crippen molar-refractivity contribution < 1.29 is 15.0 Å². The van der Waals surface area contributed by atoms with Crippen LogP contribution in [-0.4, -0.2) is 28.8 Å². The zero-order chi connectivity index (χ0) is 13.7. The average Bonchev–Trinajstić information content (AvgIpc) is 2.31. The summed E-state index contributed by atoms with van der Waals surface area (Å²) in [6.45, 7) is 1.72. The van der Waals surface area contributed by atoms with Crippen LogP contribution < -0.4 is 5.32 Å². The summed E-state index contributed by atoms with van der Waals surface area (Å²) < 4.78 is 0.662. The fourth-order valence-electron chi connectivity index (χ4n) is 1.47. The van der Waals surface area contributed by atoms with Crippen molar-refractivity contribution in [3.8, 4) is 0 Å². The second-order valence-corrected chi connectivity index (χ2v) is 5.22. The van der Waals surface area contributed by atoms with Gasteiger partial charge in [-0.25, -0.2) is 0 Å². The third kappa shape index (κ3) is 4.57. The van der Waals surface area contributed by atoms with Gasteiger partial charge in [-0.2, -0.15) is 0 Å². The van der Waals surface area contributed by atoms with Crippen LogP contribution in [-0.2, 0) is 4.79 Å². The number of aliphatic hydroxyl groups is 2. The number of aliphatic hydroxyl groups excluding tert-OH is 2. The lowest BCUT2D eigenvalue weighted by atomic mass is 10.0. The molecule has 3 N–H and O–H groups in total. The second kappa shape index (κ2) is 7.09. The third-order valence-corrected chi connectivity index (χ3v) is 3.68. The molecule has 2 atom stereocenters. The molecule has 0 aliphatic heterocycles. The van der Waals surface area contributed by atoms with Gasteiger partial charge in [0.15, 0.2) is 0 Å². The lowest BCUT2D eigenvalue weighted by Gasteiger charge is -2.18. The predicted octanol–water partition coefficient (Wildman–Crippen LogP) is 2.02. The molecule has 0 aliphatic carbocycles. The minimum Gasteiger partial charge on any atom is -0.390 e. The molecule has 1 aromatic carbocycles. The molecule has 4 nitrogen and oxygen atoms in total. The molecule has 6 heteroatoms. The van der Waals surface area contributed by atoms with Gasteiger partial charge in [-0.3, -0.25) is 4.79 Å². The van der Waals surface area contributed by atoms with E-state index in [2.05, 4.69) is 21.2 Å². The summed E-state index contributed by atoms with van der Waals surface area (Å²) in [5.74, 6) is -0.161. The Balaban J connectivity index is 2.59. The van der Waals surface area contributed by atoms with E-state index in [1.165, 1.54) is 6.92 Å². The van der Waals surface area contributed by atoms with Crippen molar-refractivity contribution in [2.75, 3.05) is 6.54 Å². The Labute approximate surface area is 119 Å². The lowest BCUT2D eigenvalue weighted by Crippen LogP contribution is -2.27. The minimum absolute atomic E-state index is 0.161. The van der Waals surface area contributed by atoms with Crippen molar-refractivity contribution in [3.63, 3.8) is 0 Å². The van der Waals surface area contributed by atoms with E-state index in [-0.39, 0.29) is 12.3 Å². The number of halogens is 2. The second-order valence-electron chi connectivity index (χ2n) is 3.96. The molecule has 0 saturated heterocycles. The first kappa shape index (κ1) is 15.4. The molecule has 1 amide bonds. The van der Waals surface area contributed by atoms with Gasteiger partial charge in [0, 0.05) is 17.9 Å². The molecule has 0 spiro atoms. The predicted molar refractivity (Wildman–Crippen MR) is 73.4 cm³/mol. The number of benzene rings is 1. The Hall–Kier alpha value is -0.620. The van der Waals surface area contributed by atoms with Crippen LogP contribution in [0.25, 0.3) is 0 Å². The first-order chi connectivity index (χ1) is 8.41. The van der Waals surface area contributed by atoms with E-state index in [1.54, 1.807) is 18.2 Å². The van der Waals surface area contributed by atoms with Gasteiger partial charge < -0.3 is 15.5 Å². The standard InChI is InChI=1S/C12H15BrClNO3/c1-7(16)15-5-4-11(17)12(18)8-2-3-10(14)9(13)6-8/h2-3,6,11-12,17-18H,4-5H2,1H3,(H,15,16). The van der Waals surface area contributed by atoms with Crippen LogP contribution in [0, 0.1) is 0 Å². The van der Waals surface area contributed by atoms with Gasteiger partial charge in [0.25, 0.3) is 0 Å². The zero-order valence-electron chi connectivity index (χ0n) is 9.86. The number of carbonyl (C=O) groups excluding carboxylic acids is 1. The highest BCUT2D eigenvalue weighted by Crippen LogP contribution is 2.27. The maximum Gasteiger partial charge on any atom is 0.216 e. The number of rotatable bonds is 5. The van der Waals surface area contributed by atoms with Gasteiger partial charge in [-0.1, -0.05) is 17.7 Å². The maximum atomic E-state index is 10.7. The van der Waals surface area contributed by atoms with E-state index in [9.17, 15) is 15.0 Å². The van der Waals surface area contributed by atoms with Crippen LogP contribution in [0.3, 0.4) is 0 Å². The lowest BCUT2D eigenvalue weighted by molar-refractivity contribution is -0.119. The van der Waals surface area contributed by atoms with Crippen molar-refractivity contribution in [1.29, 1.82) is 0 Å². The van der Waals surface area contributed by atoms with Gasteiger partial charge in [0.05, 0.1) is 11.1 Å². The van der Waals surface area contributed by atoms with Crippen molar-refractivity contribution in [2.45, 2.75) is 25.6 Å². The Kier molecular flexibility index (Phi) is 6.08. The molecular formula is C12H15BrClNO3. The van der Waals surface area contributed by atoms with Gasteiger partial charge in [0.2, 0.25) is 5.91 Å². The van der Waals surface area contributed by atoms with Gasteiger partial charge in [-0.05, 0) is 40.0 Å². The van der Waals surface area contributed by atoms with E-state index in [0.717, 1.165) is 0 Å².